The molecule has 9 heteroatoms. The van der Waals surface area contributed by atoms with Crippen LogP contribution < -0.4 is 5.32 Å². The van der Waals surface area contributed by atoms with Gasteiger partial charge >= 0.3 is 0 Å². The maximum absolute atomic E-state index is 13.0. The maximum Gasteiger partial charge on any atom is 0.272 e. The Kier molecular flexibility index (Phi) is 5.24. The van der Waals surface area contributed by atoms with Crippen molar-refractivity contribution in [3.05, 3.63) is 47.5 Å². The molecule has 1 aromatic carbocycles. The van der Waals surface area contributed by atoms with Crippen molar-refractivity contribution in [3.63, 3.8) is 0 Å². The van der Waals surface area contributed by atoms with E-state index in [4.69, 9.17) is 0 Å². The number of benzene rings is 1. The Balaban J connectivity index is 1.53. The third-order valence-corrected chi connectivity index (χ3v) is 7.64. The highest BCUT2D eigenvalue weighted by Crippen LogP contribution is 2.23. The minimum atomic E-state index is -3.59. The largest absolute Gasteiger partial charge is 0.342 e. The van der Waals surface area contributed by atoms with Crippen molar-refractivity contribution in [2.75, 3.05) is 38.5 Å². The molecular formula is C19H22N4O3S2. The Hall–Kier alpha value is -2.20. The lowest BCUT2D eigenvalue weighted by Crippen LogP contribution is -2.34. The Morgan fingerprint density at radius 2 is 2.00 bits per heavy atom. The van der Waals surface area contributed by atoms with E-state index < -0.39 is 10.0 Å². The van der Waals surface area contributed by atoms with Gasteiger partial charge < -0.3 is 15.2 Å². The number of rotatable bonds is 4. The molecule has 1 amide bonds. The molecule has 7 nitrogen and oxygen atoms in total. The van der Waals surface area contributed by atoms with Gasteiger partial charge in [0.15, 0.2) is 0 Å². The molecule has 1 saturated heterocycles. The highest BCUT2D eigenvalue weighted by molar-refractivity contribution is 7.89. The number of carbonyl (C=O) groups excluding carboxylic acids is 1. The minimum Gasteiger partial charge on any atom is -0.342 e. The second kappa shape index (κ2) is 7.67. The van der Waals surface area contributed by atoms with Crippen LogP contribution in [0.15, 0.2) is 46.7 Å². The van der Waals surface area contributed by atoms with Gasteiger partial charge in [-0.1, -0.05) is 6.07 Å². The van der Waals surface area contributed by atoms with E-state index in [-0.39, 0.29) is 10.8 Å². The summed E-state index contributed by atoms with van der Waals surface area (Å²) in [6, 6.07) is 10.2. The third kappa shape index (κ3) is 3.83. The number of hydrogen-bond donors (Lipinski definition) is 2. The molecule has 1 aliphatic rings. The van der Waals surface area contributed by atoms with Crippen LogP contribution in [0.5, 0.6) is 0 Å². The lowest BCUT2D eigenvalue weighted by molar-refractivity contribution is 0.102. The molecule has 0 radical (unpaired) electrons. The van der Waals surface area contributed by atoms with E-state index in [0.29, 0.717) is 31.0 Å². The topological polar surface area (TPSA) is 85.5 Å². The standard InChI is InChI=1S/C19H22N4O3S2/c1-22-7-3-8-23(10-9-22)28(25,26)16-5-2-4-15(13-16)20-18(24)17-12-14-6-11-27-19(14)21-17/h2,4-6,11-13,21H,3,7-10H2,1H3,(H,20,24). The number of sulfonamides is 1. The molecular weight excluding hydrogens is 396 g/mol. The minimum absolute atomic E-state index is 0.197. The first-order valence-corrected chi connectivity index (χ1v) is 11.4. The van der Waals surface area contributed by atoms with E-state index >= 15 is 0 Å². The van der Waals surface area contributed by atoms with Crippen LogP contribution in [0.4, 0.5) is 5.69 Å². The fraction of sp³-hybridized carbons (Fsp3) is 0.316. The van der Waals surface area contributed by atoms with Crippen LogP contribution in [-0.2, 0) is 10.0 Å². The molecule has 0 atom stereocenters. The number of nitrogens with one attached hydrogen (secondary N) is 2. The first kappa shape index (κ1) is 19.1. The molecule has 0 spiro atoms. The number of nitrogens with zero attached hydrogens (tertiary/aromatic N) is 2. The van der Waals surface area contributed by atoms with Gasteiger partial charge in [-0.2, -0.15) is 4.31 Å². The number of H-pyrrole nitrogens is 1. The van der Waals surface area contributed by atoms with Crippen LogP contribution in [0, 0.1) is 0 Å². The van der Waals surface area contributed by atoms with Gasteiger partial charge in [-0.3, -0.25) is 4.79 Å². The summed E-state index contributed by atoms with van der Waals surface area (Å²) in [7, 11) is -1.60. The Morgan fingerprint density at radius 1 is 1.14 bits per heavy atom. The van der Waals surface area contributed by atoms with Crippen molar-refractivity contribution < 1.29 is 13.2 Å². The molecule has 0 saturated carbocycles. The molecule has 3 aromatic rings. The molecule has 28 heavy (non-hydrogen) atoms. The van der Waals surface area contributed by atoms with E-state index in [1.165, 1.54) is 21.7 Å². The highest BCUT2D eigenvalue weighted by atomic mass is 32.2. The van der Waals surface area contributed by atoms with Crippen molar-refractivity contribution in [3.8, 4) is 0 Å². The van der Waals surface area contributed by atoms with Gasteiger partial charge in [0.1, 0.15) is 10.5 Å². The lowest BCUT2D eigenvalue weighted by atomic mass is 10.3. The van der Waals surface area contributed by atoms with Gasteiger partial charge in [0, 0.05) is 30.7 Å². The van der Waals surface area contributed by atoms with Gasteiger partial charge in [-0.25, -0.2) is 8.42 Å². The third-order valence-electron chi connectivity index (χ3n) is 4.90. The number of carbonyl (C=O) groups is 1. The lowest BCUT2D eigenvalue weighted by Gasteiger charge is -2.20. The monoisotopic (exact) mass is 418 g/mol. The SMILES string of the molecule is CN1CCCN(S(=O)(=O)c2cccc(NC(=O)c3cc4ccsc4[nH]3)c2)CC1. The van der Waals surface area contributed by atoms with Gasteiger partial charge in [-0.05, 0) is 55.7 Å². The summed E-state index contributed by atoms with van der Waals surface area (Å²) in [5.74, 6) is -0.297. The average Bonchev–Trinajstić information content (AvgIpc) is 3.20. The summed E-state index contributed by atoms with van der Waals surface area (Å²) in [4.78, 5) is 18.9. The van der Waals surface area contributed by atoms with Crippen LogP contribution in [0.25, 0.3) is 10.2 Å². The Bertz CT molecular complexity index is 1070. The molecule has 0 bridgehead atoms. The van der Waals surface area contributed by atoms with Crippen LogP contribution in [0.1, 0.15) is 16.9 Å². The number of amides is 1. The first-order valence-electron chi connectivity index (χ1n) is 9.10. The number of aromatic amines is 1. The fourth-order valence-electron chi connectivity index (χ4n) is 3.32. The molecule has 0 aliphatic carbocycles. The van der Waals surface area contributed by atoms with Crippen molar-refractivity contribution in [2.24, 2.45) is 0 Å². The highest BCUT2D eigenvalue weighted by Gasteiger charge is 2.26. The van der Waals surface area contributed by atoms with E-state index in [2.05, 4.69) is 15.2 Å². The molecule has 3 heterocycles. The summed E-state index contributed by atoms with van der Waals surface area (Å²) in [6.07, 6.45) is 0.802. The van der Waals surface area contributed by atoms with Crippen molar-refractivity contribution in [1.82, 2.24) is 14.2 Å². The first-order chi connectivity index (χ1) is 13.4. The normalized spacial score (nSPS) is 16.9. The molecule has 2 aromatic heterocycles. The number of anilines is 1. The number of hydrogen-bond acceptors (Lipinski definition) is 5. The second-order valence-corrected chi connectivity index (χ2v) is 9.79. The number of aromatic nitrogens is 1. The van der Waals surface area contributed by atoms with Crippen LogP contribution >= 0.6 is 11.3 Å². The summed E-state index contributed by atoms with van der Waals surface area (Å²) in [6.45, 7) is 2.56. The van der Waals surface area contributed by atoms with E-state index in [0.717, 1.165) is 23.2 Å². The molecule has 4 rings (SSSR count). The van der Waals surface area contributed by atoms with Gasteiger partial charge in [-0.15, -0.1) is 11.3 Å². The van der Waals surface area contributed by atoms with Gasteiger partial charge in [0.2, 0.25) is 10.0 Å². The quantitative estimate of drug-likeness (QED) is 0.682. The van der Waals surface area contributed by atoms with Gasteiger partial charge in [0.05, 0.1) is 4.90 Å². The Morgan fingerprint density at radius 3 is 2.82 bits per heavy atom. The molecule has 2 N–H and O–H groups in total. The number of fused-ring (bicyclic) bond motifs is 1. The molecule has 1 fully saturated rings. The number of likely N-dealkylation sites (N-methyl/N-ethyl adjacent to an activating group) is 1. The summed E-state index contributed by atoms with van der Waals surface area (Å²) in [5.41, 5.74) is 0.904. The van der Waals surface area contributed by atoms with E-state index in [1.807, 2.05) is 18.5 Å². The van der Waals surface area contributed by atoms with Crippen LogP contribution in [0.3, 0.4) is 0 Å². The van der Waals surface area contributed by atoms with Crippen molar-refractivity contribution in [2.45, 2.75) is 11.3 Å². The van der Waals surface area contributed by atoms with Crippen LogP contribution in [0.2, 0.25) is 0 Å². The number of thiophene rings is 1. The maximum atomic E-state index is 13.0. The zero-order chi connectivity index (χ0) is 19.7. The van der Waals surface area contributed by atoms with E-state index in [1.54, 1.807) is 24.3 Å². The van der Waals surface area contributed by atoms with Crippen molar-refractivity contribution in [1.29, 1.82) is 0 Å². The fourth-order valence-corrected chi connectivity index (χ4v) is 5.61. The molecule has 1 aliphatic heterocycles. The molecule has 148 valence electrons. The van der Waals surface area contributed by atoms with Gasteiger partial charge in [0.25, 0.3) is 5.91 Å². The zero-order valence-electron chi connectivity index (χ0n) is 15.5. The second-order valence-electron chi connectivity index (χ2n) is 6.93. The summed E-state index contributed by atoms with van der Waals surface area (Å²) < 4.78 is 27.6. The smallest absolute Gasteiger partial charge is 0.272 e. The predicted molar refractivity (Wildman–Crippen MR) is 111 cm³/mol. The zero-order valence-corrected chi connectivity index (χ0v) is 17.1. The van der Waals surface area contributed by atoms with Crippen LogP contribution in [-0.4, -0.2) is 61.7 Å². The van der Waals surface area contributed by atoms with E-state index in [9.17, 15) is 13.2 Å². The van der Waals surface area contributed by atoms with Crippen molar-refractivity contribution >= 4 is 43.2 Å². The molecule has 0 unspecified atom stereocenters. The summed E-state index contributed by atoms with van der Waals surface area (Å²) >= 11 is 1.53. The summed E-state index contributed by atoms with van der Waals surface area (Å²) in [5, 5.41) is 5.73. The predicted octanol–water partition coefficient (Wildman–Crippen LogP) is 2.81. The average molecular weight is 419 g/mol. The Labute approximate surface area is 168 Å².